The number of anilines is 1. The zero-order valence-corrected chi connectivity index (χ0v) is 12.6. The first kappa shape index (κ1) is 13.8. The normalized spacial score (nSPS) is 20.1. The van der Waals surface area contributed by atoms with Gasteiger partial charge in [0.2, 0.25) is 0 Å². The summed E-state index contributed by atoms with van der Waals surface area (Å²) in [5.41, 5.74) is -0.0720. The number of aromatic nitrogens is 2. The molecule has 0 bridgehead atoms. The maximum Gasteiger partial charge on any atom is 0.266 e. The van der Waals surface area contributed by atoms with Gasteiger partial charge in [0, 0.05) is 19.7 Å². The lowest BCUT2D eigenvalue weighted by atomic mass is 10.1. The van der Waals surface area contributed by atoms with Gasteiger partial charge in [0.05, 0.1) is 12.4 Å². The van der Waals surface area contributed by atoms with Gasteiger partial charge in [-0.1, -0.05) is 6.92 Å². The third-order valence-corrected chi connectivity index (χ3v) is 3.99. The first-order valence-electron chi connectivity index (χ1n) is 6.32. The maximum absolute atomic E-state index is 11.6. The fourth-order valence-corrected chi connectivity index (χ4v) is 2.78. The summed E-state index contributed by atoms with van der Waals surface area (Å²) in [4.78, 5) is 20.6. The van der Waals surface area contributed by atoms with Crippen LogP contribution in [0.25, 0.3) is 0 Å². The number of rotatable bonds is 4. The molecule has 5 nitrogen and oxygen atoms in total. The Morgan fingerprint density at radius 2 is 2.50 bits per heavy atom. The largest absolute Gasteiger partial charge is 0.376 e. The summed E-state index contributed by atoms with van der Waals surface area (Å²) in [6.45, 7) is 4.69. The van der Waals surface area contributed by atoms with Crippen LogP contribution in [0.15, 0.2) is 11.1 Å². The number of H-pyrrole nitrogens is 1. The minimum absolute atomic E-state index is 0.0720. The van der Waals surface area contributed by atoms with E-state index < -0.39 is 0 Å². The molecule has 0 spiro atoms. The number of aromatic amines is 1. The van der Waals surface area contributed by atoms with E-state index in [1.807, 2.05) is 0 Å². The first-order valence-corrected chi connectivity index (χ1v) is 7.40. The molecular weight excluding hydrogens is 345 g/mol. The summed E-state index contributed by atoms with van der Waals surface area (Å²) in [5.74, 6) is 0.782. The third kappa shape index (κ3) is 3.23. The zero-order chi connectivity index (χ0) is 13.0. The summed E-state index contributed by atoms with van der Waals surface area (Å²) in [5, 5.41) is 0. The highest BCUT2D eigenvalue weighted by molar-refractivity contribution is 14.1. The number of halogens is 1. The number of nitrogens with zero attached hydrogens (tertiary/aromatic N) is 2. The molecule has 0 aliphatic carbocycles. The molecule has 6 heteroatoms. The molecule has 1 N–H and O–H groups in total. The minimum atomic E-state index is -0.0720. The van der Waals surface area contributed by atoms with Gasteiger partial charge in [-0.15, -0.1) is 0 Å². The fraction of sp³-hybridized carbons (Fsp3) is 0.667. The van der Waals surface area contributed by atoms with Gasteiger partial charge in [-0.25, -0.2) is 4.98 Å². The van der Waals surface area contributed by atoms with E-state index in [0.29, 0.717) is 3.57 Å². The first-order chi connectivity index (χ1) is 8.72. The van der Waals surface area contributed by atoms with Gasteiger partial charge in [-0.3, -0.25) is 4.79 Å². The van der Waals surface area contributed by atoms with Crippen molar-refractivity contribution >= 4 is 28.4 Å². The molecule has 1 aliphatic rings. The van der Waals surface area contributed by atoms with E-state index in [0.717, 1.165) is 44.8 Å². The van der Waals surface area contributed by atoms with Gasteiger partial charge in [0.25, 0.3) is 5.56 Å². The second kappa shape index (κ2) is 6.51. The second-order valence-electron chi connectivity index (χ2n) is 4.45. The summed E-state index contributed by atoms with van der Waals surface area (Å²) in [6.07, 6.45) is 4.94. The Labute approximate surface area is 120 Å². The van der Waals surface area contributed by atoms with Crippen LogP contribution < -0.4 is 10.5 Å². The van der Waals surface area contributed by atoms with Crippen LogP contribution in [0.1, 0.15) is 26.2 Å². The Balaban J connectivity index is 2.08. The molecule has 0 amide bonds. The number of nitrogens with one attached hydrogen (secondary N) is 1. The molecule has 2 heterocycles. The molecule has 0 saturated carbocycles. The van der Waals surface area contributed by atoms with Gasteiger partial charge >= 0.3 is 0 Å². The highest BCUT2D eigenvalue weighted by atomic mass is 127. The summed E-state index contributed by atoms with van der Waals surface area (Å²) >= 11 is 2.05. The lowest BCUT2D eigenvalue weighted by Gasteiger charge is -2.33. The molecule has 0 radical (unpaired) electrons. The van der Waals surface area contributed by atoms with Crippen molar-refractivity contribution in [3.8, 4) is 0 Å². The molecule has 1 aromatic rings. The van der Waals surface area contributed by atoms with E-state index in [9.17, 15) is 4.79 Å². The average Bonchev–Trinajstić information content (AvgIpc) is 2.40. The van der Waals surface area contributed by atoms with Gasteiger partial charge in [-0.05, 0) is 41.9 Å². The van der Waals surface area contributed by atoms with Crippen molar-refractivity contribution in [2.75, 3.05) is 24.6 Å². The van der Waals surface area contributed by atoms with Crippen molar-refractivity contribution in [3.63, 3.8) is 0 Å². The van der Waals surface area contributed by atoms with E-state index in [2.05, 4.69) is 44.4 Å². The average molecular weight is 363 g/mol. The van der Waals surface area contributed by atoms with Crippen molar-refractivity contribution < 1.29 is 4.74 Å². The predicted octanol–water partition coefficient (Wildman–Crippen LogP) is 1.77. The van der Waals surface area contributed by atoms with Gasteiger partial charge < -0.3 is 14.6 Å². The summed E-state index contributed by atoms with van der Waals surface area (Å²) in [6, 6.07) is 0. The molecular formula is C12H18IN3O2. The topological polar surface area (TPSA) is 58.2 Å². The molecule has 1 fully saturated rings. The number of ether oxygens (including phenoxy) is 1. The van der Waals surface area contributed by atoms with Crippen LogP contribution in [-0.4, -0.2) is 35.8 Å². The Morgan fingerprint density at radius 1 is 1.67 bits per heavy atom. The van der Waals surface area contributed by atoms with Crippen molar-refractivity contribution in [1.82, 2.24) is 9.97 Å². The van der Waals surface area contributed by atoms with E-state index in [4.69, 9.17) is 4.74 Å². The van der Waals surface area contributed by atoms with Crippen molar-refractivity contribution in [1.29, 1.82) is 0 Å². The van der Waals surface area contributed by atoms with Crippen LogP contribution in [0.4, 0.5) is 5.82 Å². The SMILES string of the molecule is CCCOC1CCCN(c2nc[nH]c(=O)c2I)C1. The number of hydrogen-bond acceptors (Lipinski definition) is 4. The Hall–Kier alpha value is -0.630. The molecule has 100 valence electrons. The second-order valence-corrected chi connectivity index (χ2v) is 5.53. The van der Waals surface area contributed by atoms with Crippen molar-refractivity contribution in [2.45, 2.75) is 32.3 Å². The minimum Gasteiger partial charge on any atom is -0.376 e. The maximum atomic E-state index is 11.6. The lowest BCUT2D eigenvalue weighted by Crippen LogP contribution is -2.41. The van der Waals surface area contributed by atoms with Crippen LogP contribution in [0.2, 0.25) is 0 Å². The molecule has 0 aromatic carbocycles. The van der Waals surface area contributed by atoms with Crippen molar-refractivity contribution in [2.24, 2.45) is 0 Å². The van der Waals surface area contributed by atoms with Gasteiger partial charge in [0.1, 0.15) is 9.39 Å². The Kier molecular flexibility index (Phi) is 4.99. The van der Waals surface area contributed by atoms with Crippen LogP contribution in [0, 0.1) is 3.57 Å². The molecule has 1 unspecified atom stereocenters. The molecule has 1 atom stereocenters. The molecule has 1 saturated heterocycles. The zero-order valence-electron chi connectivity index (χ0n) is 10.5. The highest BCUT2D eigenvalue weighted by Crippen LogP contribution is 2.21. The summed E-state index contributed by atoms with van der Waals surface area (Å²) < 4.78 is 6.45. The predicted molar refractivity (Wildman–Crippen MR) is 79.1 cm³/mol. The smallest absolute Gasteiger partial charge is 0.266 e. The van der Waals surface area contributed by atoms with Crippen LogP contribution in [0.3, 0.4) is 0 Å². The van der Waals surface area contributed by atoms with E-state index in [1.54, 1.807) is 0 Å². The lowest BCUT2D eigenvalue weighted by molar-refractivity contribution is 0.0439. The molecule has 1 aliphatic heterocycles. The molecule has 18 heavy (non-hydrogen) atoms. The monoisotopic (exact) mass is 363 g/mol. The van der Waals surface area contributed by atoms with Gasteiger partial charge in [0.15, 0.2) is 0 Å². The number of piperidine rings is 1. The Morgan fingerprint density at radius 3 is 3.28 bits per heavy atom. The van der Waals surface area contributed by atoms with Crippen LogP contribution in [-0.2, 0) is 4.74 Å². The van der Waals surface area contributed by atoms with Gasteiger partial charge in [-0.2, -0.15) is 0 Å². The Bertz CT molecular complexity index is 449. The highest BCUT2D eigenvalue weighted by Gasteiger charge is 2.23. The van der Waals surface area contributed by atoms with Crippen LogP contribution >= 0.6 is 22.6 Å². The summed E-state index contributed by atoms with van der Waals surface area (Å²) in [7, 11) is 0. The number of hydrogen-bond donors (Lipinski definition) is 1. The quantitative estimate of drug-likeness (QED) is 0.829. The van der Waals surface area contributed by atoms with Crippen LogP contribution in [0.5, 0.6) is 0 Å². The molecule has 1 aromatic heterocycles. The van der Waals surface area contributed by atoms with E-state index in [1.165, 1.54) is 6.33 Å². The fourth-order valence-electron chi connectivity index (χ4n) is 2.15. The van der Waals surface area contributed by atoms with E-state index in [-0.39, 0.29) is 11.7 Å². The third-order valence-electron chi connectivity index (χ3n) is 3.01. The van der Waals surface area contributed by atoms with Crippen molar-refractivity contribution in [3.05, 3.63) is 20.3 Å². The van der Waals surface area contributed by atoms with E-state index >= 15 is 0 Å². The molecule has 2 rings (SSSR count). The standard InChI is InChI=1S/C12H18IN3O2/c1-2-6-18-9-4-3-5-16(7-9)11-10(13)12(17)15-8-14-11/h8-9H,2-7H2,1H3,(H,14,15,17).